The first-order valence-electron chi connectivity index (χ1n) is 7.64. The molecule has 0 bridgehead atoms. The minimum absolute atomic E-state index is 0.418. The number of rotatable bonds is 6. The normalized spacial score (nSPS) is 22.3. The molecule has 3 nitrogen and oxygen atoms in total. The van der Waals surface area contributed by atoms with Gasteiger partial charge in [-0.15, -0.1) is 0 Å². The van der Waals surface area contributed by atoms with Gasteiger partial charge in [0.1, 0.15) is 0 Å². The van der Waals surface area contributed by atoms with Crippen LogP contribution in [0.15, 0.2) is 24.5 Å². The summed E-state index contributed by atoms with van der Waals surface area (Å²) >= 11 is 0. The summed E-state index contributed by atoms with van der Waals surface area (Å²) < 4.78 is 0. The second-order valence-corrected chi connectivity index (χ2v) is 5.69. The largest absolute Gasteiger partial charge is 0.310 e. The van der Waals surface area contributed by atoms with E-state index in [9.17, 15) is 0 Å². The lowest BCUT2D eigenvalue weighted by Crippen LogP contribution is -2.39. The predicted octanol–water partition coefficient (Wildman–Crippen LogP) is 3.00. The Morgan fingerprint density at radius 1 is 1.37 bits per heavy atom. The highest BCUT2D eigenvalue weighted by Crippen LogP contribution is 2.16. The number of hydrogen-bond acceptors (Lipinski definition) is 3. The minimum atomic E-state index is 0.418. The van der Waals surface area contributed by atoms with E-state index in [0.29, 0.717) is 6.04 Å². The summed E-state index contributed by atoms with van der Waals surface area (Å²) in [4.78, 5) is 6.70. The minimum Gasteiger partial charge on any atom is -0.310 e. The van der Waals surface area contributed by atoms with Crippen molar-refractivity contribution in [1.82, 2.24) is 15.2 Å². The van der Waals surface area contributed by atoms with E-state index in [1.807, 2.05) is 12.4 Å². The SMILES string of the molecule is CC(NCCCN1CCCCC1C)c1ccncc1. The quantitative estimate of drug-likeness (QED) is 0.798. The third-order valence-corrected chi connectivity index (χ3v) is 4.22. The van der Waals surface area contributed by atoms with Crippen molar-refractivity contribution in [2.24, 2.45) is 0 Å². The van der Waals surface area contributed by atoms with E-state index in [1.54, 1.807) is 0 Å². The van der Waals surface area contributed by atoms with Gasteiger partial charge in [-0.3, -0.25) is 4.98 Å². The van der Waals surface area contributed by atoms with Gasteiger partial charge in [0, 0.05) is 24.5 Å². The first-order valence-corrected chi connectivity index (χ1v) is 7.64. The highest BCUT2D eigenvalue weighted by Gasteiger charge is 2.17. The first-order chi connectivity index (χ1) is 9.27. The summed E-state index contributed by atoms with van der Waals surface area (Å²) in [6.45, 7) is 8.20. The van der Waals surface area contributed by atoms with E-state index in [0.717, 1.165) is 12.6 Å². The molecule has 1 aromatic rings. The van der Waals surface area contributed by atoms with E-state index in [1.165, 1.54) is 44.3 Å². The van der Waals surface area contributed by atoms with Gasteiger partial charge in [-0.2, -0.15) is 0 Å². The van der Waals surface area contributed by atoms with Gasteiger partial charge in [-0.1, -0.05) is 6.42 Å². The molecule has 1 saturated heterocycles. The molecule has 1 fully saturated rings. The summed E-state index contributed by atoms with van der Waals surface area (Å²) in [5.74, 6) is 0. The number of aromatic nitrogens is 1. The lowest BCUT2D eigenvalue weighted by atomic mass is 10.0. The van der Waals surface area contributed by atoms with Gasteiger partial charge in [0.15, 0.2) is 0 Å². The van der Waals surface area contributed by atoms with E-state index < -0.39 is 0 Å². The van der Waals surface area contributed by atoms with Gasteiger partial charge in [-0.05, 0) is 70.4 Å². The molecule has 106 valence electrons. The average molecular weight is 261 g/mol. The molecule has 2 atom stereocenters. The molecule has 1 aliphatic rings. The molecule has 0 amide bonds. The molecule has 19 heavy (non-hydrogen) atoms. The molecule has 2 rings (SSSR count). The third kappa shape index (κ3) is 4.59. The fourth-order valence-electron chi connectivity index (χ4n) is 2.86. The monoisotopic (exact) mass is 261 g/mol. The van der Waals surface area contributed by atoms with E-state index in [2.05, 4.69) is 41.2 Å². The maximum atomic E-state index is 4.06. The molecule has 0 radical (unpaired) electrons. The molecule has 2 unspecified atom stereocenters. The van der Waals surface area contributed by atoms with Gasteiger partial charge in [0.25, 0.3) is 0 Å². The van der Waals surface area contributed by atoms with Crippen LogP contribution < -0.4 is 5.32 Å². The molecule has 3 heteroatoms. The third-order valence-electron chi connectivity index (χ3n) is 4.22. The molecule has 1 N–H and O–H groups in total. The Balaban J connectivity index is 1.64. The summed E-state index contributed by atoms with van der Waals surface area (Å²) in [5, 5.41) is 3.60. The van der Waals surface area contributed by atoms with Crippen LogP contribution in [0.1, 0.15) is 51.1 Å². The van der Waals surface area contributed by atoms with Crippen LogP contribution in [-0.2, 0) is 0 Å². The van der Waals surface area contributed by atoms with Crippen LogP contribution in [0, 0.1) is 0 Å². The number of nitrogens with one attached hydrogen (secondary N) is 1. The van der Waals surface area contributed by atoms with Crippen molar-refractivity contribution in [2.45, 2.75) is 51.6 Å². The maximum absolute atomic E-state index is 4.06. The van der Waals surface area contributed by atoms with Crippen molar-refractivity contribution >= 4 is 0 Å². The van der Waals surface area contributed by atoms with E-state index >= 15 is 0 Å². The zero-order valence-electron chi connectivity index (χ0n) is 12.3. The Labute approximate surface area is 117 Å². The van der Waals surface area contributed by atoms with Crippen LogP contribution in [-0.4, -0.2) is 35.6 Å². The van der Waals surface area contributed by atoms with Crippen molar-refractivity contribution in [3.63, 3.8) is 0 Å². The number of hydrogen-bond donors (Lipinski definition) is 1. The molecule has 0 aromatic carbocycles. The van der Waals surface area contributed by atoms with E-state index in [4.69, 9.17) is 0 Å². The summed E-state index contributed by atoms with van der Waals surface area (Å²) in [7, 11) is 0. The second kappa shape index (κ2) is 7.61. The molecule has 1 aliphatic heterocycles. The smallest absolute Gasteiger partial charge is 0.0292 e. The fraction of sp³-hybridized carbons (Fsp3) is 0.688. The maximum Gasteiger partial charge on any atom is 0.0292 e. The number of likely N-dealkylation sites (tertiary alicyclic amines) is 1. The lowest BCUT2D eigenvalue weighted by molar-refractivity contribution is 0.158. The summed E-state index contributed by atoms with van der Waals surface area (Å²) in [6.07, 6.45) is 9.13. The first kappa shape index (κ1) is 14.5. The molecular weight excluding hydrogens is 234 g/mol. The molecule has 0 aliphatic carbocycles. The average Bonchev–Trinajstić information content (AvgIpc) is 2.46. The van der Waals surface area contributed by atoms with Gasteiger partial charge in [-0.25, -0.2) is 0 Å². The highest BCUT2D eigenvalue weighted by molar-refractivity contribution is 5.13. The molecular formula is C16H27N3. The molecule has 0 saturated carbocycles. The Morgan fingerprint density at radius 2 is 2.16 bits per heavy atom. The van der Waals surface area contributed by atoms with Crippen LogP contribution in [0.4, 0.5) is 0 Å². The predicted molar refractivity (Wildman–Crippen MR) is 80.2 cm³/mol. The summed E-state index contributed by atoms with van der Waals surface area (Å²) in [6, 6.07) is 5.38. The van der Waals surface area contributed by atoms with Crippen LogP contribution in [0.2, 0.25) is 0 Å². The Bertz CT molecular complexity index is 352. The molecule has 1 aromatic heterocycles. The van der Waals surface area contributed by atoms with Gasteiger partial charge < -0.3 is 10.2 Å². The van der Waals surface area contributed by atoms with Crippen molar-refractivity contribution in [3.8, 4) is 0 Å². The van der Waals surface area contributed by atoms with Gasteiger partial charge >= 0.3 is 0 Å². The van der Waals surface area contributed by atoms with Gasteiger partial charge in [0.2, 0.25) is 0 Å². The second-order valence-electron chi connectivity index (χ2n) is 5.69. The number of pyridine rings is 1. The van der Waals surface area contributed by atoms with Crippen molar-refractivity contribution < 1.29 is 0 Å². The summed E-state index contributed by atoms with van der Waals surface area (Å²) in [5.41, 5.74) is 1.32. The fourth-order valence-corrected chi connectivity index (χ4v) is 2.86. The lowest BCUT2D eigenvalue weighted by Gasteiger charge is -2.33. The van der Waals surface area contributed by atoms with E-state index in [-0.39, 0.29) is 0 Å². The Morgan fingerprint density at radius 3 is 2.89 bits per heavy atom. The van der Waals surface area contributed by atoms with Crippen LogP contribution >= 0.6 is 0 Å². The molecule has 2 heterocycles. The van der Waals surface area contributed by atoms with Crippen molar-refractivity contribution in [3.05, 3.63) is 30.1 Å². The standard InChI is InChI=1S/C16H27N3/c1-14-6-3-4-12-19(14)13-5-9-18-15(2)16-7-10-17-11-8-16/h7-8,10-11,14-15,18H,3-6,9,12-13H2,1-2H3. The highest BCUT2D eigenvalue weighted by atomic mass is 15.2. The van der Waals surface area contributed by atoms with Crippen molar-refractivity contribution in [1.29, 1.82) is 0 Å². The topological polar surface area (TPSA) is 28.2 Å². The zero-order chi connectivity index (χ0) is 13.5. The Hall–Kier alpha value is -0.930. The van der Waals surface area contributed by atoms with Crippen LogP contribution in [0.25, 0.3) is 0 Å². The van der Waals surface area contributed by atoms with Crippen molar-refractivity contribution in [2.75, 3.05) is 19.6 Å². The number of nitrogens with zero attached hydrogens (tertiary/aromatic N) is 2. The molecule has 0 spiro atoms. The van der Waals surface area contributed by atoms with Gasteiger partial charge in [0.05, 0.1) is 0 Å². The number of piperidine rings is 1. The van der Waals surface area contributed by atoms with Crippen LogP contribution in [0.3, 0.4) is 0 Å². The van der Waals surface area contributed by atoms with Crippen LogP contribution in [0.5, 0.6) is 0 Å². The zero-order valence-corrected chi connectivity index (χ0v) is 12.3. The Kier molecular flexibility index (Phi) is 5.80.